The maximum absolute atomic E-state index is 12.1. The van der Waals surface area contributed by atoms with Crippen LogP contribution in [0, 0.1) is 0 Å². The van der Waals surface area contributed by atoms with Crippen molar-refractivity contribution in [2.45, 2.75) is 57.6 Å². The van der Waals surface area contributed by atoms with Gasteiger partial charge in [-0.1, -0.05) is 13.8 Å². The summed E-state index contributed by atoms with van der Waals surface area (Å²) in [7, 11) is 0. The second-order valence-corrected chi connectivity index (χ2v) is 4.78. The van der Waals surface area contributed by atoms with E-state index >= 15 is 0 Å². The van der Waals surface area contributed by atoms with Crippen molar-refractivity contribution in [2.24, 2.45) is 0 Å². The van der Waals surface area contributed by atoms with Gasteiger partial charge in [0.2, 0.25) is 0 Å². The summed E-state index contributed by atoms with van der Waals surface area (Å²) >= 11 is 0. The third kappa shape index (κ3) is 2.55. The van der Waals surface area contributed by atoms with Gasteiger partial charge in [0.05, 0.1) is 12.1 Å². The molecule has 1 rings (SSSR count). The van der Waals surface area contributed by atoms with Crippen LogP contribution in [0.2, 0.25) is 0 Å². The number of ether oxygens (including phenoxy) is 1. The minimum atomic E-state index is -0.704. The number of hydrogen-bond donors (Lipinski definition) is 2. The molecule has 94 valence electrons. The van der Waals surface area contributed by atoms with Crippen LogP contribution in [-0.2, 0) is 9.53 Å². The van der Waals surface area contributed by atoms with Gasteiger partial charge < -0.3 is 15.2 Å². The molecule has 0 saturated carbocycles. The topological polar surface area (TPSA) is 58.6 Å². The molecule has 1 amide bonds. The molecule has 16 heavy (non-hydrogen) atoms. The smallest absolute Gasteiger partial charge is 0.252 e. The SMILES string of the molecule is CCC(CC)(CO)NC(=O)C1(C)CCCO1. The maximum atomic E-state index is 12.1. The number of rotatable bonds is 5. The van der Waals surface area contributed by atoms with E-state index in [1.54, 1.807) is 0 Å². The fourth-order valence-corrected chi connectivity index (χ4v) is 2.02. The highest BCUT2D eigenvalue weighted by molar-refractivity contribution is 5.85. The number of carbonyl (C=O) groups excluding carboxylic acids is 1. The van der Waals surface area contributed by atoms with Gasteiger partial charge in [0.1, 0.15) is 5.60 Å². The van der Waals surface area contributed by atoms with E-state index in [1.807, 2.05) is 20.8 Å². The van der Waals surface area contributed by atoms with Crippen molar-refractivity contribution in [2.75, 3.05) is 13.2 Å². The predicted molar refractivity (Wildman–Crippen MR) is 62.1 cm³/mol. The molecule has 1 heterocycles. The first-order valence-electron chi connectivity index (χ1n) is 6.09. The Balaban J connectivity index is 2.68. The molecule has 0 aromatic rings. The van der Waals surface area contributed by atoms with Crippen molar-refractivity contribution in [3.8, 4) is 0 Å². The van der Waals surface area contributed by atoms with Gasteiger partial charge in [0.15, 0.2) is 0 Å². The van der Waals surface area contributed by atoms with Crippen molar-refractivity contribution in [1.82, 2.24) is 5.32 Å². The molecule has 0 aliphatic carbocycles. The first-order valence-corrected chi connectivity index (χ1v) is 6.09. The van der Waals surface area contributed by atoms with Crippen molar-refractivity contribution in [3.05, 3.63) is 0 Å². The molecule has 1 unspecified atom stereocenters. The lowest BCUT2D eigenvalue weighted by Crippen LogP contribution is -2.56. The Bertz CT molecular complexity index is 234. The predicted octanol–water partition coefficient (Wildman–Crippen LogP) is 1.22. The lowest BCUT2D eigenvalue weighted by Gasteiger charge is -2.34. The van der Waals surface area contributed by atoms with Gasteiger partial charge in [-0.05, 0) is 32.6 Å². The normalized spacial score (nSPS) is 25.8. The summed E-state index contributed by atoms with van der Waals surface area (Å²) in [6, 6.07) is 0. The molecule has 1 fully saturated rings. The molecular formula is C12H23NO3. The number of amides is 1. The molecule has 0 radical (unpaired) electrons. The van der Waals surface area contributed by atoms with Gasteiger partial charge in [-0.15, -0.1) is 0 Å². The second-order valence-electron chi connectivity index (χ2n) is 4.78. The van der Waals surface area contributed by atoms with E-state index in [1.165, 1.54) is 0 Å². The van der Waals surface area contributed by atoms with Gasteiger partial charge in [-0.25, -0.2) is 0 Å². The van der Waals surface area contributed by atoms with E-state index in [0.29, 0.717) is 6.61 Å². The van der Waals surface area contributed by atoms with Crippen LogP contribution in [0.25, 0.3) is 0 Å². The fraction of sp³-hybridized carbons (Fsp3) is 0.917. The maximum Gasteiger partial charge on any atom is 0.252 e. The van der Waals surface area contributed by atoms with E-state index in [4.69, 9.17) is 4.74 Å². The lowest BCUT2D eigenvalue weighted by molar-refractivity contribution is -0.142. The molecular weight excluding hydrogens is 206 g/mol. The molecule has 1 atom stereocenters. The zero-order valence-corrected chi connectivity index (χ0v) is 10.5. The van der Waals surface area contributed by atoms with Crippen molar-refractivity contribution in [3.63, 3.8) is 0 Å². The Morgan fingerprint density at radius 2 is 2.12 bits per heavy atom. The summed E-state index contributed by atoms with van der Waals surface area (Å²) in [5.41, 5.74) is -1.20. The largest absolute Gasteiger partial charge is 0.394 e. The first kappa shape index (κ1) is 13.5. The van der Waals surface area contributed by atoms with Crippen LogP contribution >= 0.6 is 0 Å². The zero-order valence-electron chi connectivity index (χ0n) is 10.5. The average Bonchev–Trinajstić information content (AvgIpc) is 2.74. The quantitative estimate of drug-likeness (QED) is 0.745. The Labute approximate surface area is 97.4 Å². The molecule has 4 nitrogen and oxygen atoms in total. The molecule has 0 aromatic carbocycles. The Kier molecular flexibility index (Phi) is 4.33. The highest BCUT2D eigenvalue weighted by Gasteiger charge is 2.41. The molecule has 0 bridgehead atoms. The van der Waals surface area contributed by atoms with Crippen molar-refractivity contribution >= 4 is 5.91 Å². The standard InChI is InChI=1S/C12H23NO3/c1-4-12(5-2,9-14)13-10(15)11(3)7-6-8-16-11/h14H,4-9H2,1-3H3,(H,13,15). The first-order chi connectivity index (χ1) is 7.52. The highest BCUT2D eigenvalue weighted by Crippen LogP contribution is 2.26. The van der Waals surface area contributed by atoms with Crippen LogP contribution in [0.4, 0.5) is 0 Å². The van der Waals surface area contributed by atoms with Gasteiger partial charge in [-0.2, -0.15) is 0 Å². The molecule has 2 N–H and O–H groups in total. The fourth-order valence-electron chi connectivity index (χ4n) is 2.02. The number of nitrogens with one attached hydrogen (secondary N) is 1. The van der Waals surface area contributed by atoms with Crippen molar-refractivity contribution < 1.29 is 14.6 Å². The molecule has 1 saturated heterocycles. The van der Waals surface area contributed by atoms with E-state index < -0.39 is 11.1 Å². The molecule has 1 aliphatic rings. The molecule has 1 aliphatic heterocycles. The van der Waals surface area contributed by atoms with Crippen LogP contribution in [0.5, 0.6) is 0 Å². The van der Waals surface area contributed by atoms with E-state index in [0.717, 1.165) is 25.7 Å². The summed E-state index contributed by atoms with van der Waals surface area (Å²) < 4.78 is 5.49. The molecule has 0 aromatic heterocycles. The van der Waals surface area contributed by atoms with E-state index in [-0.39, 0.29) is 12.5 Å². The number of aliphatic hydroxyl groups excluding tert-OH is 1. The van der Waals surface area contributed by atoms with Crippen LogP contribution < -0.4 is 5.32 Å². The number of hydrogen-bond acceptors (Lipinski definition) is 3. The van der Waals surface area contributed by atoms with E-state index in [2.05, 4.69) is 5.32 Å². The second kappa shape index (κ2) is 5.15. The van der Waals surface area contributed by atoms with Gasteiger partial charge in [0.25, 0.3) is 5.91 Å². The molecule has 4 heteroatoms. The van der Waals surface area contributed by atoms with Gasteiger partial charge >= 0.3 is 0 Å². The van der Waals surface area contributed by atoms with Crippen LogP contribution in [0.3, 0.4) is 0 Å². The van der Waals surface area contributed by atoms with Crippen molar-refractivity contribution in [1.29, 1.82) is 0 Å². The lowest BCUT2D eigenvalue weighted by atomic mass is 9.91. The number of aliphatic hydroxyl groups is 1. The minimum absolute atomic E-state index is 0.0260. The Hall–Kier alpha value is -0.610. The summed E-state index contributed by atoms with van der Waals surface area (Å²) in [6.07, 6.45) is 3.13. The van der Waals surface area contributed by atoms with Crippen LogP contribution in [0.1, 0.15) is 46.5 Å². The highest BCUT2D eigenvalue weighted by atomic mass is 16.5. The monoisotopic (exact) mass is 229 g/mol. The van der Waals surface area contributed by atoms with Crippen LogP contribution in [0.15, 0.2) is 0 Å². The Morgan fingerprint density at radius 3 is 2.50 bits per heavy atom. The summed E-state index contributed by atoms with van der Waals surface area (Å²) in [4.78, 5) is 12.1. The Morgan fingerprint density at radius 1 is 1.50 bits per heavy atom. The van der Waals surface area contributed by atoms with E-state index in [9.17, 15) is 9.90 Å². The minimum Gasteiger partial charge on any atom is -0.394 e. The number of carbonyl (C=O) groups is 1. The van der Waals surface area contributed by atoms with Crippen LogP contribution in [-0.4, -0.2) is 35.4 Å². The summed E-state index contributed by atoms with van der Waals surface area (Å²) in [6.45, 7) is 6.38. The third-order valence-corrected chi connectivity index (χ3v) is 3.73. The molecule has 0 spiro atoms. The van der Waals surface area contributed by atoms with Gasteiger partial charge in [-0.3, -0.25) is 4.79 Å². The average molecular weight is 229 g/mol. The van der Waals surface area contributed by atoms with Gasteiger partial charge in [0, 0.05) is 6.61 Å². The third-order valence-electron chi connectivity index (χ3n) is 3.73. The summed E-state index contributed by atoms with van der Waals surface area (Å²) in [5.74, 6) is -0.0947. The zero-order chi connectivity index (χ0) is 12.2. The summed E-state index contributed by atoms with van der Waals surface area (Å²) in [5, 5.41) is 12.3.